The van der Waals surface area contributed by atoms with E-state index < -0.39 is 36.0 Å². The summed E-state index contributed by atoms with van der Waals surface area (Å²) >= 11 is 0. The van der Waals surface area contributed by atoms with Crippen LogP contribution in [0.3, 0.4) is 0 Å². The van der Waals surface area contributed by atoms with Crippen molar-refractivity contribution in [2.45, 2.75) is 44.9 Å². The maximum Gasteiger partial charge on any atom is 0.407 e. The molecular weight excluding hydrogens is 496 g/mol. The van der Waals surface area contributed by atoms with Gasteiger partial charge in [0.15, 0.2) is 0 Å². The summed E-state index contributed by atoms with van der Waals surface area (Å²) in [5.74, 6) is -2.39. The van der Waals surface area contributed by atoms with Gasteiger partial charge in [0.2, 0.25) is 5.91 Å². The molecule has 2 amide bonds. The third-order valence-electron chi connectivity index (χ3n) is 7.09. The second kappa shape index (κ2) is 13.1. The van der Waals surface area contributed by atoms with Gasteiger partial charge in [-0.2, -0.15) is 0 Å². The Balaban J connectivity index is 1.43. The fourth-order valence-electron chi connectivity index (χ4n) is 4.80. The van der Waals surface area contributed by atoms with Crippen LogP contribution in [-0.4, -0.2) is 48.4 Å². The molecule has 0 bridgehead atoms. The van der Waals surface area contributed by atoms with Gasteiger partial charge in [-0.25, -0.2) is 4.79 Å². The van der Waals surface area contributed by atoms with Crippen LogP contribution in [0.15, 0.2) is 78.9 Å². The number of hydrogen-bond donors (Lipinski definition) is 3. The van der Waals surface area contributed by atoms with Crippen LogP contribution in [0.5, 0.6) is 0 Å². The number of aliphatic carboxylic acids is 1. The van der Waals surface area contributed by atoms with Crippen molar-refractivity contribution in [2.24, 2.45) is 5.92 Å². The van der Waals surface area contributed by atoms with Crippen molar-refractivity contribution in [1.29, 1.82) is 0 Å². The van der Waals surface area contributed by atoms with E-state index in [9.17, 15) is 19.5 Å². The lowest BCUT2D eigenvalue weighted by molar-refractivity contribution is -0.141. The molecule has 3 aromatic carbocycles. The van der Waals surface area contributed by atoms with Crippen molar-refractivity contribution < 1.29 is 29.0 Å². The summed E-state index contributed by atoms with van der Waals surface area (Å²) < 4.78 is 11.6. The van der Waals surface area contributed by atoms with E-state index in [-0.39, 0.29) is 25.7 Å². The number of carboxylic acids is 1. The van der Waals surface area contributed by atoms with Crippen molar-refractivity contribution in [2.75, 3.05) is 13.2 Å². The zero-order chi connectivity index (χ0) is 27.8. The van der Waals surface area contributed by atoms with Crippen LogP contribution in [0.2, 0.25) is 0 Å². The quantitative estimate of drug-likeness (QED) is 0.312. The molecule has 204 valence electrons. The van der Waals surface area contributed by atoms with E-state index in [1.807, 2.05) is 66.7 Å². The molecule has 1 aliphatic carbocycles. The van der Waals surface area contributed by atoms with Gasteiger partial charge in [0.25, 0.3) is 0 Å². The maximum atomic E-state index is 13.1. The molecule has 0 fully saturated rings. The minimum Gasteiger partial charge on any atom is -0.481 e. The molecule has 39 heavy (non-hydrogen) atoms. The molecule has 3 aromatic rings. The van der Waals surface area contributed by atoms with Crippen LogP contribution < -0.4 is 10.6 Å². The van der Waals surface area contributed by atoms with E-state index >= 15 is 0 Å². The van der Waals surface area contributed by atoms with E-state index in [0.717, 1.165) is 27.8 Å². The lowest BCUT2D eigenvalue weighted by atomic mass is 9.98. The summed E-state index contributed by atoms with van der Waals surface area (Å²) in [5, 5.41) is 14.6. The average Bonchev–Trinajstić information content (AvgIpc) is 3.27. The van der Waals surface area contributed by atoms with Crippen molar-refractivity contribution in [3.05, 3.63) is 95.6 Å². The average molecular weight is 531 g/mol. The van der Waals surface area contributed by atoms with Crippen molar-refractivity contribution in [1.82, 2.24) is 10.6 Å². The molecule has 0 heterocycles. The van der Waals surface area contributed by atoms with Gasteiger partial charge in [-0.1, -0.05) is 85.8 Å². The van der Waals surface area contributed by atoms with Gasteiger partial charge in [-0.15, -0.1) is 0 Å². The number of rotatable bonds is 12. The largest absolute Gasteiger partial charge is 0.481 e. The van der Waals surface area contributed by atoms with E-state index in [1.165, 1.54) is 0 Å². The zero-order valence-corrected chi connectivity index (χ0v) is 22.1. The fraction of sp³-hybridized carbons (Fsp3) is 0.323. The second-order valence-corrected chi connectivity index (χ2v) is 9.64. The Labute approximate surface area is 228 Å². The number of ether oxygens (including phenoxy) is 2. The molecule has 3 atom stereocenters. The van der Waals surface area contributed by atoms with Gasteiger partial charge < -0.3 is 25.2 Å². The summed E-state index contributed by atoms with van der Waals surface area (Å²) in [7, 11) is 0. The molecule has 0 spiro atoms. The van der Waals surface area contributed by atoms with E-state index in [2.05, 4.69) is 22.8 Å². The minimum absolute atomic E-state index is 0.0566. The number of hydrogen-bond acceptors (Lipinski definition) is 5. The SMILES string of the molecule is CCC(CNC(=O)C(NC(=O)OCC1c2ccccc2-c2ccccc21)C(C)OCc1ccccc1)C(=O)O. The lowest BCUT2D eigenvalue weighted by Gasteiger charge is -2.25. The number of nitrogens with one attached hydrogen (secondary N) is 2. The number of benzene rings is 3. The molecule has 0 saturated carbocycles. The Kier molecular flexibility index (Phi) is 9.33. The van der Waals surface area contributed by atoms with Crippen LogP contribution in [0, 0.1) is 5.92 Å². The van der Waals surface area contributed by atoms with E-state index in [0.29, 0.717) is 6.42 Å². The van der Waals surface area contributed by atoms with Gasteiger partial charge in [0.1, 0.15) is 12.6 Å². The highest BCUT2D eigenvalue weighted by atomic mass is 16.5. The van der Waals surface area contributed by atoms with Crippen LogP contribution in [-0.2, 0) is 25.7 Å². The number of carboxylic acid groups (broad SMARTS) is 1. The summed E-state index contributed by atoms with van der Waals surface area (Å²) in [6.45, 7) is 3.71. The van der Waals surface area contributed by atoms with Crippen LogP contribution in [0.25, 0.3) is 11.1 Å². The lowest BCUT2D eigenvalue weighted by Crippen LogP contribution is -2.54. The molecule has 4 rings (SSSR count). The fourth-order valence-corrected chi connectivity index (χ4v) is 4.80. The molecule has 0 saturated heterocycles. The Morgan fingerprint density at radius 2 is 1.49 bits per heavy atom. The Morgan fingerprint density at radius 3 is 2.08 bits per heavy atom. The smallest absolute Gasteiger partial charge is 0.407 e. The van der Waals surface area contributed by atoms with Gasteiger partial charge in [-0.05, 0) is 41.2 Å². The van der Waals surface area contributed by atoms with Gasteiger partial charge in [-0.3, -0.25) is 9.59 Å². The molecule has 3 N–H and O–H groups in total. The van der Waals surface area contributed by atoms with Crippen LogP contribution in [0.4, 0.5) is 4.79 Å². The summed E-state index contributed by atoms with van der Waals surface area (Å²) in [6.07, 6.45) is -1.10. The van der Waals surface area contributed by atoms with Crippen molar-refractivity contribution in [3.63, 3.8) is 0 Å². The molecule has 0 radical (unpaired) electrons. The number of amides is 2. The number of carbonyl (C=O) groups is 3. The minimum atomic E-state index is -1.09. The normalized spacial score (nSPS) is 14.4. The summed E-state index contributed by atoms with van der Waals surface area (Å²) in [6, 6.07) is 24.5. The predicted octanol–water partition coefficient (Wildman–Crippen LogP) is 4.73. The summed E-state index contributed by atoms with van der Waals surface area (Å²) in [5.41, 5.74) is 5.32. The number of fused-ring (bicyclic) bond motifs is 3. The molecule has 0 aromatic heterocycles. The first-order chi connectivity index (χ1) is 18.9. The van der Waals surface area contributed by atoms with Gasteiger partial charge in [0, 0.05) is 12.5 Å². The first-order valence-electron chi connectivity index (χ1n) is 13.2. The standard InChI is InChI=1S/C31H34N2O6/c1-3-22(30(35)36)17-32-29(34)28(20(2)38-18-21-11-5-4-6-12-21)33-31(37)39-19-27-25-15-9-7-13-23(25)24-14-8-10-16-26(24)27/h4-16,20,22,27-28H,3,17-19H2,1-2H3,(H,32,34)(H,33,37)(H,35,36). The Bertz CT molecular complexity index is 1250. The highest BCUT2D eigenvalue weighted by molar-refractivity contribution is 5.86. The third kappa shape index (κ3) is 6.83. The van der Waals surface area contributed by atoms with Crippen molar-refractivity contribution >= 4 is 18.0 Å². The summed E-state index contributed by atoms with van der Waals surface area (Å²) in [4.78, 5) is 37.5. The van der Waals surface area contributed by atoms with E-state index in [1.54, 1.807) is 13.8 Å². The van der Waals surface area contributed by atoms with Crippen LogP contribution in [0.1, 0.15) is 42.9 Å². The monoisotopic (exact) mass is 530 g/mol. The van der Waals surface area contributed by atoms with Gasteiger partial charge in [0.05, 0.1) is 18.6 Å². The van der Waals surface area contributed by atoms with Gasteiger partial charge >= 0.3 is 12.1 Å². The zero-order valence-electron chi connectivity index (χ0n) is 22.1. The van der Waals surface area contributed by atoms with Crippen molar-refractivity contribution in [3.8, 4) is 11.1 Å². The molecule has 8 heteroatoms. The van der Waals surface area contributed by atoms with E-state index in [4.69, 9.17) is 9.47 Å². The molecule has 1 aliphatic rings. The highest BCUT2D eigenvalue weighted by Crippen LogP contribution is 2.44. The molecule has 0 aliphatic heterocycles. The first kappa shape index (κ1) is 27.9. The topological polar surface area (TPSA) is 114 Å². The predicted molar refractivity (Wildman–Crippen MR) is 147 cm³/mol. The molecule has 8 nitrogen and oxygen atoms in total. The Morgan fingerprint density at radius 1 is 0.897 bits per heavy atom. The first-order valence-corrected chi connectivity index (χ1v) is 13.2. The highest BCUT2D eigenvalue weighted by Gasteiger charge is 2.32. The second-order valence-electron chi connectivity index (χ2n) is 9.64. The number of carbonyl (C=O) groups excluding carboxylic acids is 2. The molecular formula is C31H34N2O6. The third-order valence-corrected chi connectivity index (χ3v) is 7.09. The Hall–Kier alpha value is -4.17. The number of alkyl carbamates (subject to hydrolysis) is 1. The molecule has 3 unspecified atom stereocenters. The van der Waals surface area contributed by atoms with Crippen LogP contribution >= 0.6 is 0 Å². The maximum absolute atomic E-state index is 13.1.